The second-order valence-electron chi connectivity index (χ2n) is 18.0. The molecule has 0 aromatic carbocycles. The molecule has 0 bridgehead atoms. The Morgan fingerprint density at radius 1 is 0.484 bits per heavy atom. The standard InChI is InChI=1S/C56H95NO7/c1-6-8-10-12-14-16-18-20-22-24-25-26-27-28-29-31-33-35-37-39-41-43-45-47-55(59)64-52(50-62-49-48-53(56(60)61)57(3,4)5)51-63-54(58)46-44-42-40-38-36-34-32-30-23-21-19-17-15-13-11-9-7-2/h8,10,14,16,20-23,25-26,28-29,33,35,52-53H,6-7,9,11-13,15,17-19,24,27,30-32,34,36-51H2,1-5H3/p+1/b10-8+,16-14+,22-20+,23-21+,26-25+,29-28+,35-33+. The van der Waals surface area contributed by atoms with E-state index < -0.39 is 18.1 Å². The molecule has 8 heteroatoms. The fraction of sp³-hybridized carbons (Fsp3) is 0.696. The summed E-state index contributed by atoms with van der Waals surface area (Å²) in [7, 11) is 5.52. The van der Waals surface area contributed by atoms with Crippen molar-refractivity contribution in [1.82, 2.24) is 0 Å². The summed E-state index contributed by atoms with van der Waals surface area (Å²) in [5.41, 5.74) is 0. The molecule has 0 saturated heterocycles. The number of carboxylic acids is 1. The molecular weight excluding hydrogens is 799 g/mol. The summed E-state index contributed by atoms with van der Waals surface area (Å²) in [5.74, 6) is -1.51. The lowest BCUT2D eigenvalue weighted by Crippen LogP contribution is -2.50. The summed E-state index contributed by atoms with van der Waals surface area (Å²) < 4.78 is 17.3. The third-order valence-corrected chi connectivity index (χ3v) is 11.0. The lowest BCUT2D eigenvalue weighted by atomic mass is 10.1. The molecule has 0 fully saturated rings. The van der Waals surface area contributed by atoms with Gasteiger partial charge in [0, 0.05) is 19.3 Å². The van der Waals surface area contributed by atoms with Crippen LogP contribution in [0.3, 0.4) is 0 Å². The van der Waals surface area contributed by atoms with Gasteiger partial charge in [0.15, 0.2) is 12.1 Å². The molecule has 0 amide bonds. The molecule has 8 nitrogen and oxygen atoms in total. The van der Waals surface area contributed by atoms with Gasteiger partial charge in [-0.25, -0.2) is 4.79 Å². The zero-order valence-electron chi connectivity index (χ0n) is 41.7. The fourth-order valence-corrected chi connectivity index (χ4v) is 7.09. The average molecular weight is 895 g/mol. The summed E-state index contributed by atoms with van der Waals surface area (Å²) in [6.07, 6.45) is 60.6. The highest BCUT2D eigenvalue weighted by atomic mass is 16.6. The van der Waals surface area contributed by atoms with E-state index in [-0.39, 0.29) is 36.2 Å². The molecule has 0 radical (unpaired) electrons. The first-order chi connectivity index (χ1) is 31.1. The Morgan fingerprint density at radius 2 is 0.875 bits per heavy atom. The molecular formula is C56H96NO7+. The summed E-state index contributed by atoms with van der Waals surface area (Å²) in [6, 6.07) is -0.625. The van der Waals surface area contributed by atoms with Gasteiger partial charge >= 0.3 is 17.9 Å². The van der Waals surface area contributed by atoms with Crippen LogP contribution < -0.4 is 0 Å². The number of unbranched alkanes of at least 4 members (excludes halogenated alkanes) is 17. The molecule has 2 atom stereocenters. The normalized spacial score (nSPS) is 13.6. The highest BCUT2D eigenvalue weighted by Gasteiger charge is 2.31. The Labute approximate surface area is 393 Å². The van der Waals surface area contributed by atoms with Gasteiger partial charge in [-0.2, -0.15) is 0 Å². The quantitative estimate of drug-likeness (QED) is 0.0281. The SMILES string of the molecule is CC/C=C/C/C=C/C/C=C/C/C=C/C/C=C/C/C=C/CCCCCCC(=O)OC(COCCC(C(=O)O)[N+](C)(C)C)COC(=O)CCCCCCCCC/C=C/CCCCCCCC. The summed E-state index contributed by atoms with van der Waals surface area (Å²) in [4.78, 5) is 37.2. The third-order valence-electron chi connectivity index (χ3n) is 11.0. The van der Waals surface area contributed by atoms with E-state index in [1.54, 1.807) is 0 Å². The van der Waals surface area contributed by atoms with Crippen LogP contribution in [0.1, 0.15) is 200 Å². The first kappa shape index (κ1) is 60.5. The number of hydrogen-bond acceptors (Lipinski definition) is 6. The number of aliphatic carboxylic acids is 1. The molecule has 0 saturated carbocycles. The Bertz CT molecular complexity index is 1320. The molecule has 0 aliphatic heterocycles. The lowest BCUT2D eigenvalue weighted by Gasteiger charge is -2.31. The molecule has 0 aliphatic rings. The molecule has 0 aromatic heterocycles. The Kier molecular flexibility index (Phi) is 43.5. The van der Waals surface area contributed by atoms with Gasteiger partial charge in [0.1, 0.15) is 6.61 Å². The van der Waals surface area contributed by atoms with Crippen LogP contribution in [0.25, 0.3) is 0 Å². The number of nitrogens with zero attached hydrogens (tertiary/aromatic N) is 1. The van der Waals surface area contributed by atoms with Gasteiger partial charge in [-0.05, 0) is 89.9 Å². The molecule has 64 heavy (non-hydrogen) atoms. The number of rotatable bonds is 45. The number of carbonyl (C=O) groups is 3. The van der Waals surface area contributed by atoms with Crippen molar-refractivity contribution >= 4 is 17.9 Å². The molecule has 366 valence electrons. The van der Waals surface area contributed by atoms with Crippen molar-refractivity contribution in [2.45, 2.75) is 212 Å². The molecule has 0 heterocycles. The van der Waals surface area contributed by atoms with Gasteiger partial charge in [0.05, 0.1) is 34.4 Å². The van der Waals surface area contributed by atoms with Crippen LogP contribution in [0.15, 0.2) is 85.1 Å². The zero-order chi connectivity index (χ0) is 47.0. The Morgan fingerprint density at radius 3 is 1.31 bits per heavy atom. The predicted molar refractivity (Wildman–Crippen MR) is 270 cm³/mol. The van der Waals surface area contributed by atoms with Gasteiger partial charge in [-0.1, -0.05) is 176 Å². The number of likely N-dealkylation sites (N-methyl/N-ethyl adjacent to an activating group) is 1. The number of ether oxygens (including phenoxy) is 3. The fourth-order valence-electron chi connectivity index (χ4n) is 7.09. The van der Waals surface area contributed by atoms with E-state index in [0.717, 1.165) is 89.9 Å². The zero-order valence-corrected chi connectivity index (χ0v) is 41.7. The van der Waals surface area contributed by atoms with E-state index >= 15 is 0 Å². The van der Waals surface area contributed by atoms with E-state index in [0.29, 0.717) is 19.3 Å². The monoisotopic (exact) mass is 895 g/mol. The summed E-state index contributed by atoms with van der Waals surface area (Å²) in [5, 5.41) is 9.65. The van der Waals surface area contributed by atoms with E-state index in [1.807, 2.05) is 21.1 Å². The lowest BCUT2D eigenvalue weighted by molar-refractivity contribution is -0.887. The van der Waals surface area contributed by atoms with Crippen molar-refractivity contribution in [2.75, 3.05) is 41.0 Å². The van der Waals surface area contributed by atoms with Gasteiger partial charge < -0.3 is 23.8 Å². The maximum Gasteiger partial charge on any atom is 0.362 e. The maximum atomic E-state index is 12.8. The molecule has 0 rings (SSSR count). The van der Waals surface area contributed by atoms with Gasteiger partial charge in [-0.3, -0.25) is 9.59 Å². The third kappa shape index (κ3) is 43.7. The maximum absolute atomic E-state index is 12.8. The predicted octanol–water partition coefficient (Wildman–Crippen LogP) is 14.9. The van der Waals surface area contributed by atoms with Crippen LogP contribution in [-0.2, 0) is 28.6 Å². The molecule has 2 unspecified atom stereocenters. The smallest absolute Gasteiger partial charge is 0.362 e. The van der Waals surface area contributed by atoms with Gasteiger partial charge in [-0.15, -0.1) is 0 Å². The van der Waals surface area contributed by atoms with Gasteiger partial charge in [0.25, 0.3) is 0 Å². The Hall–Kier alpha value is -3.49. The summed E-state index contributed by atoms with van der Waals surface area (Å²) in [6.45, 7) is 4.59. The Balaban J connectivity index is 4.34. The highest BCUT2D eigenvalue weighted by molar-refractivity contribution is 5.72. The van der Waals surface area contributed by atoms with Crippen molar-refractivity contribution < 1.29 is 38.2 Å². The number of hydrogen-bond donors (Lipinski definition) is 1. The van der Waals surface area contributed by atoms with Crippen molar-refractivity contribution in [3.63, 3.8) is 0 Å². The number of carboxylic acid groups (broad SMARTS) is 1. The van der Waals surface area contributed by atoms with E-state index in [4.69, 9.17) is 14.2 Å². The number of quaternary nitrogens is 1. The number of esters is 2. The van der Waals surface area contributed by atoms with Crippen LogP contribution in [0.4, 0.5) is 0 Å². The first-order valence-corrected chi connectivity index (χ1v) is 25.6. The van der Waals surface area contributed by atoms with Crippen LogP contribution in [0.2, 0.25) is 0 Å². The van der Waals surface area contributed by atoms with Crippen LogP contribution in [0.5, 0.6) is 0 Å². The largest absolute Gasteiger partial charge is 0.477 e. The number of allylic oxidation sites excluding steroid dienone is 14. The molecule has 0 aromatic rings. The minimum Gasteiger partial charge on any atom is -0.477 e. The highest BCUT2D eigenvalue weighted by Crippen LogP contribution is 2.14. The average Bonchev–Trinajstić information content (AvgIpc) is 3.26. The van der Waals surface area contributed by atoms with E-state index in [1.165, 1.54) is 77.0 Å². The number of carbonyl (C=O) groups excluding carboxylic acids is 2. The topological polar surface area (TPSA) is 99.1 Å². The van der Waals surface area contributed by atoms with Crippen LogP contribution >= 0.6 is 0 Å². The van der Waals surface area contributed by atoms with Gasteiger partial charge in [0.2, 0.25) is 0 Å². The van der Waals surface area contributed by atoms with Crippen LogP contribution in [0, 0.1) is 0 Å². The van der Waals surface area contributed by atoms with E-state index in [9.17, 15) is 19.5 Å². The van der Waals surface area contributed by atoms with Crippen molar-refractivity contribution in [3.8, 4) is 0 Å². The van der Waals surface area contributed by atoms with Crippen molar-refractivity contribution in [1.29, 1.82) is 0 Å². The second-order valence-corrected chi connectivity index (χ2v) is 18.0. The summed E-state index contributed by atoms with van der Waals surface area (Å²) >= 11 is 0. The minimum absolute atomic E-state index is 0.0450. The molecule has 1 N–H and O–H groups in total. The first-order valence-electron chi connectivity index (χ1n) is 25.6. The van der Waals surface area contributed by atoms with Crippen LogP contribution in [-0.4, -0.2) is 80.6 Å². The molecule has 0 spiro atoms. The minimum atomic E-state index is -0.882. The molecule has 0 aliphatic carbocycles. The van der Waals surface area contributed by atoms with E-state index in [2.05, 4.69) is 98.9 Å². The van der Waals surface area contributed by atoms with Crippen molar-refractivity contribution in [3.05, 3.63) is 85.1 Å². The van der Waals surface area contributed by atoms with Crippen molar-refractivity contribution in [2.24, 2.45) is 0 Å². The second kappa shape index (κ2) is 46.1.